The summed E-state index contributed by atoms with van der Waals surface area (Å²) in [5.41, 5.74) is 1.06. The van der Waals surface area contributed by atoms with Crippen LogP contribution in [-0.4, -0.2) is 24.3 Å². The van der Waals surface area contributed by atoms with E-state index in [1.54, 1.807) is 0 Å². The van der Waals surface area contributed by atoms with Crippen molar-refractivity contribution in [2.45, 2.75) is 12.3 Å². The molecule has 3 nitrogen and oxygen atoms in total. The average molecular weight is 332 g/mol. The number of ether oxygens (including phenoxy) is 1. The van der Waals surface area contributed by atoms with Crippen LogP contribution in [0.4, 0.5) is 0 Å². The SMILES string of the molecule is O=C(O)[C@H]1CCOC[C@H]1c1ccc(I)cc1. The van der Waals surface area contributed by atoms with Gasteiger partial charge < -0.3 is 9.84 Å². The fourth-order valence-corrected chi connectivity index (χ4v) is 2.43. The van der Waals surface area contributed by atoms with E-state index in [1.165, 1.54) is 0 Å². The summed E-state index contributed by atoms with van der Waals surface area (Å²) in [6.45, 7) is 1.06. The molecule has 16 heavy (non-hydrogen) atoms. The monoisotopic (exact) mass is 332 g/mol. The quantitative estimate of drug-likeness (QED) is 0.847. The maximum atomic E-state index is 11.1. The van der Waals surface area contributed by atoms with E-state index in [4.69, 9.17) is 9.84 Å². The summed E-state index contributed by atoms with van der Waals surface area (Å²) in [6, 6.07) is 8.00. The first-order valence-corrected chi connectivity index (χ1v) is 6.32. The average Bonchev–Trinajstić information content (AvgIpc) is 2.30. The lowest BCUT2D eigenvalue weighted by Crippen LogP contribution is -2.31. The first kappa shape index (κ1) is 11.9. The molecule has 1 fully saturated rings. The fraction of sp³-hybridized carbons (Fsp3) is 0.417. The Hall–Kier alpha value is -0.620. The number of aliphatic carboxylic acids is 1. The normalized spacial score (nSPS) is 25.3. The molecule has 0 bridgehead atoms. The van der Waals surface area contributed by atoms with Crippen LogP contribution in [0, 0.1) is 9.49 Å². The van der Waals surface area contributed by atoms with E-state index in [9.17, 15) is 4.79 Å². The van der Waals surface area contributed by atoms with E-state index in [-0.39, 0.29) is 11.8 Å². The van der Waals surface area contributed by atoms with Gasteiger partial charge in [-0.3, -0.25) is 4.79 Å². The molecule has 1 N–H and O–H groups in total. The summed E-state index contributed by atoms with van der Waals surface area (Å²) in [5, 5.41) is 9.17. The van der Waals surface area contributed by atoms with E-state index < -0.39 is 5.97 Å². The Kier molecular flexibility index (Phi) is 3.81. The van der Waals surface area contributed by atoms with E-state index in [0.717, 1.165) is 9.13 Å². The lowest BCUT2D eigenvalue weighted by Gasteiger charge is -2.28. The zero-order valence-corrected chi connectivity index (χ0v) is 10.9. The van der Waals surface area contributed by atoms with Crippen molar-refractivity contribution >= 4 is 28.6 Å². The van der Waals surface area contributed by atoms with Crippen LogP contribution in [0.5, 0.6) is 0 Å². The Morgan fingerprint density at radius 3 is 2.69 bits per heavy atom. The number of carboxylic acids is 1. The van der Waals surface area contributed by atoms with Gasteiger partial charge in [0.05, 0.1) is 12.5 Å². The molecule has 0 aromatic heterocycles. The maximum absolute atomic E-state index is 11.1. The van der Waals surface area contributed by atoms with Crippen LogP contribution in [0.3, 0.4) is 0 Å². The molecule has 1 heterocycles. The molecular formula is C12H13IO3. The van der Waals surface area contributed by atoms with Crippen LogP contribution in [0.15, 0.2) is 24.3 Å². The minimum atomic E-state index is -0.716. The van der Waals surface area contributed by atoms with Crippen LogP contribution in [0.25, 0.3) is 0 Å². The Morgan fingerprint density at radius 2 is 2.06 bits per heavy atom. The van der Waals surface area contributed by atoms with Crippen molar-refractivity contribution in [1.82, 2.24) is 0 Å². The van der Waals surface area contributed by atoms with Crippen LogP contribution in [0.1, 0.15) is 17.9 Å². The molecular weight excluding hydrogens is 319 g/mol. The van der Waals surface area contributed by atoms with Gasteiger partial charge in [-0.05, 0) is 46.7 Å². The van der Waals surface area contributed by atoms with Crippen molar-refractivity contribution < 1.29 is 14.6 Å². The predicted octanol–water partition coefficient (Wildman–Crippen LogP) is 2.50. The number of hydrogen-bond donors (Lipinski definition) is 1. The summed E-state index contributed by atoms with van der Waals surface area (Å²) in [7, 11) is 0. The third-order valence-electron chi connectivity index (χ3n) is 2.97. The van der Waals surface area contributed by atoms with Crippen LogP contribution < -0.4 is 0 Å². The highest BCUT2D eigenvalue weighted by atomic mass is 127. The van der Waals surface area contributed by atoms with Gasteiger partial charge in [0.25, 0.3) is 0 Å². The second kappa shape index (κ2) is 5.14. The highest BCUT2D eigenvalue weighted by molar-refractivity contribution is 14.1. The molecule has 4 heteroatoms. The van der Waals surface area contributed by atoms with Crippen LogP contribution in [-0.2, 0) is 9.53 Å². The molecule has 1 aliphatic rings. The van der Waals surface area contributed by atoms with Crippen molar-refractivity contribution in [3.05, 3.63) is 33.4 Å². The van der Waals surface area contributed by atoms with Crippen LogP contribution in [0.2, 0.25) is 0 Å². The molecule has 1 aliphatic heterocycles. The van der Waals surface area contributed by atoms with Gasteiger partial charge in [-0.25, -0.2) is 0 Å². The summed E-state index contributed by atoms with van der Waals surface area (Å²) in [6.07, 6.45) is 0.603. The number of halogens is 1. The minimum Gasteiger partial charge on any atom is -0.481 e. The molecule has 2 rings (SSSR count). The third kappa shape index (κ3) is 2.55. The molecule has 1 aromatic carbocycles. The van der Waals surface area contributed by atoms with Crippen molar-refractivity contribution in [3.63, 3.8) is 0 Å². The predicted molar refractivity (Wildman–Crippen MR) is 68.5 cm³/mol. The molecule has 86 valence electrons. The lowest BCUT2D eigenvalue weighted by molar-refractivity contribution is -0.146. The van der Waals surface area contributed by atoms with E-state index in [1.807, 2.05) is 24.3 Å². The highest BCUT2D eigenvalue weighted by Gasteiger charge is 2.32. The van der Waals surface area contributed by atoms with Gasteiger partial charge in [0.2, 0.25) is 0 Å². The number of carboxylic acid groups (broad SMARTS) is 1. The summed E-state index contributed by atoms with van der Waals surface area (Å²) in [4.78, 5) is 11.1. The van der Waals surface area contributed by atoms with Crippen LogP contribution >= 0.6 is 22.6 Å². The zero-order valence-electron chi connectivity index (χ0n) is 8.73. The Bertz CT molecular complexity index is 374. The Labute approximate surface area is 108 Å². The number of rotatable bonds is 2. The van der Waals surface area contributed by atoms with E-state index >= 15 is 0 Å². The molecule has 2 atom stereocenters. The Balaban J connectivity index is 2.23. The van der Waals surface area contributed by atoms with Gasteiger partial charge in [0, 0.05) is 16.1 Å². The molecule has 0 spiro atoms. The molecule has 1 aromatic rings. The topological polar surface area (TPSA) is 46.5 Å². The largest absolute Gasteiger partial charge is 0.481 e. The van der Waals surface area contributed by atoms with Gasteiger partial charge in [0.15, 0.2) is 0 Å². The van der Waals surface area contributed by atoms with E-state index in [2.05, 4.69) is 22.6 Å². The highest BCUT2D eigenvalue weighted by Crippen LogP contribution is 2.31. The van der Waals surface area contributed by atoms with Gasteiger partial charge in [-0.15, -0.1) is 0 Å². The fourth-order valence-electron chi connectivity index (χ4n) is 2.07. The van der Waals surface area contributed by atoms with Gasteiger partial charge >= 0.3 is 5.97 Å². The molecule has 1 saturated heterocycles. The van der Waals surface area contributed by atoms with Gasteiger partial charge in [-0.2, -0.15) is 0 Å². The molecule has 0 unspecified atom stereocenters. The molecule has 0 saturated carbocycles. The molecule has 0 amide bonds. The molecule has 0 aliphatic carbocycles. The number of hydrogen-bond acceptors (Lipinski definition) is 2. The zero-order chi connectivity index (χ0) is 11.5. The first-order chi connectivity index (χ1) is 7.68. The minimum absolute atomic E-state index is 0.0109. The van der Waals surface area contributed by atoms with Crippen molar-refractivity contribution in [3.8, 4) is 0 Å². The summed E-state index contributed by atoms with van der Waals surface area (Å²) >= 11 is 2.24. The van der Waals surface area contributed by atoms with Crippen molar-refractivity contribution in [1.29, 1.82) is 0 Å². The van der Waals surface area contributed by atoms with Gasteiger partial charge in [-0.1, -0.05) is 12.1 Å². The summed E-state index contributed by atoms with van der Waals surface area (Å²) < 4.78 is 6.54. The Morgan fingerprint density at radius 1 is 1.38 bits per heavy atom. The van der Waals surface area contributed by atoms with Gasteiger partial charge in [0.1, 0.15) is 0 Å². The first-order valence-electron chi connectivity index (χ1n) is 5.24. The third-order valence-corrected chi connectivity index (χ3v) is 3.69. The second-order valence-electron chi connectivity index (χ2n) is 3.97. The van der Waals surface area contributed by atoms with E-state index in [0.29, 0.717) is 19.6 Å². The number of carbonyl (C=O) groups is 1. The van der Waals surface area contributed by atoms with Crippen molar-refractivity contribution in [2.24, 2.45) is 5.92 Å². The summed E-state index contributed by atoms with van der Waals surface area (Å²) in [5.74, 6) is -1.04. The van der Waals surface area contributed by atoms with Crippen molar-refractivity contribution in [2.75, 3.05) is 13.2 Å². The molecule has 0 radical (unpaired) electrons. The second-order valence-corrected chi connectivity index (χ2v) is 5.21. The standard InChI is InChI=1S/C12H13IO3/c13-9-3-1-8(2-4-9)11-7-16-6-5-10(11)12(14)15/h1-4,10-11H,5-7H2,(H,14,15)/t10-,11-/m0/s1. The lowest BCUT2D eigenvalue weighted by atomic mass is 9.83. The number of benzene rings is 1. The maximum Gasteiger partial charge on any atom is 0.307 e. The smallest absolute Gasteiger partial charge is 0.307 e.